The predicted molar refractivity (Wildman–Crippen MR) is 118 cm³/mol. The Morgan fingerprint density at radius 1 is 1.37 bits per heavy atom. The third-order valence-corrected chi connectivity index (χ3v) is 5.34. The van der Waals surface area contributed by atoms with Crippen molar-refractivity contribution in [2.45, 2.75) is 45.9 Å². The molecule has 1 aromatic heterocycles. The number of hydrogen-bond donors (Lipinski definition) is 1. The molecule has 1 N–H and O–H groups in total. The van der Waals surface area contributed by atoms with Crippen LogP contribution < -0.4 is 0 Å². The van der Waals surface area contributed by atoms with Gasteiger partial charge in [0.2, 0.25) is 0 Å². The van der Waals surface area contributed by atoms with Crippen molar-refractivity contribution in [3.63, 3.8) is 0 Å². The fourth-order valence-corrected chi connectivity index (χ4v) is 3.83. The summed E-state index contributed by atoms with van der Waals surface area (Å²) < 4.78 is 13.6. The number of allylic oxidation sites excluding steroid dienone is 2. The van der Waals surface area contributed by atoms with Crippen LogP contribution in [0.25, 0.3) is 10.9 Å². The van der Waals surface area contributed by atoms with Crippen LogP contribution in [0.2, 0.25) is 0 Å². The minimum Gasteiger partial charge on any atom is -0.481 e. The Hall–Kier alpha value is -2.81. The summed E-state index contributed by atoms with van der Waals surface area (Å²) in [6.07, 6.45) is 6.73. The van der Waals surface area contributed by atoms with Gasteiger partial charge in [-0.3, -0.25) is 4.79 Å². The normalized spacial score (nSPS) is 16.8. The molecule has 0 saturated carbocycles. The van der Waals surface area contributed by atoms with E-state index in [1.54, 1.807) is 14.0 Å². The third kappa shape index (κ3) is 5.41. The fourth-order valence-electron chi connectivity index (χ4n) is 3.83. The highest BCUT2D eigenvalue weighted by Crippen LogP contribution is 2.25. The molecule has 2 aromatic rings. The van der Waals surface area contributed by atoms with Crippen molar-refractivity contribution in [3.05, 3.63) is 59.3 Å². The van der Waals surface area contributed by atoms with Crippen molar-refractivity contribution >= 4 is 16.9 Å². The standard InChI is InChI=1S/C25H29NO4/c1-4-5-21(16-25(27)28)20-7-9-23(10-8-20)30-17-19-6-11-24-22(15-19)14-18(2)26(24)12-13-29-3/h6-9,11,14-15,21,23H,10,12-13,16-17H2,1-3H3,(H,27,28). The molecule has 5 heteroatoms. The molecule has 1 aliphatic carbocycles. The van der Waals surface area contributed by atoms with Gasteiger partial charge in [0.1, 0.15) is 0 Å². The number of fused-ring (bicyclic) bond motifs is 1. The third-order valence-electron chi connectivity index (χ3n) is 5.34. The quantitative estimate of drug-likeness (QED) is 0.623. The van der Waals surface area contributed by atoms with E-state index in [-0.39, 0.29) is 18.4 Å². The zero-order valence-corrected chi connectivity index (χ0v) is 17.9. The van der Waals surface area contributed by atoms with Gasteiger partial charge in [-0.05, 0) is 49.6 Å². The van der Waals surface area contributed by atoms with E-state index in [0.717, 1.165) is 24.1 Å². The Morgan fingerprint density at radius 2 is 2.20 bits per heavy atom. The lowest BCUT2D eigenvalue weighted by Crippen LogP contribution is -2.15. The van der Waals surface area contributed by atoms with Crippen LogP contribution in [0, 0.1) is 24.7 Å². The molecule has 2 atom stereocenters. The van der Waals surface area contributed by atoms with E-state index in [1.165, 1.54) is 16.6 Å². The van der Waals surface area contributed by atoms with Crippen LogP contribution in [0.5, 0.6) is 0 Å². The summed E-state index contributed by atoms with van der Waals surface area (Å²) in [5.41, 5.74) is 4.52. The monoisotopic (exact) mass is 407 g/mol. The second-order valence-corrected chi connectivity index (χ2v) is 7.52. The Labute approximate surface area is 178 Å². The Balaban J connectivity index is 1.60. The van der Waals surface area contributed by atoms with Crippen molar-refractivity contribution in [1.82, 2.24) is 4.57 Å². The maximum atomic E-state index is 11.1. The molecule has 0 fully saturated rings. The van der Waals surface area contributed by atoms with Crippen LogP contribution >= 0.6 is 0 Å². The maximum absolute atomic E-state index is 11.1. The first-order chi connectivity index (χ1) is 14.5. The summed E-state index contributed by atoms with van der Waals surface area (Å²) in [7, 11) is 1.72. The first kappa shape index (κ1) is 21.9. The average molecular weight is 408 g/mol. The summed E-state index contributed by atoms with van der Waals surface area (Å²) in [6, 6.07) is 8.63. The topological polar surface area (TPSA) is 60.7 Å². The summed E-state index contributed by atoms with van der Waals surface area (Å²) in [6.45, 7) is 5.91. The van der Waals surface area contributed by atoms with Crippen LogP contribution in [-0.2, 0) is 27.4 Å². The number of nitrogens with zero attached hydrogens (tertiary/aromatic N) is 1. The lowest BCUT2D eigenvalue weighted by molar-refractivity contribution is -0.137. The molecule has 3 rings (SSSR count). The second kappa shape index (κ2) is 10.3. The predicted octanol–water partition coefficient (Wildman–Crippen LogP) is 4.48. The van der Waals surface area contributed by atoms with Gasteiger partial charge >= 0.3 is 5.97 Å². The van der Waals surface area contributed by atoms with E-state index in [2.05, 4.69) is 47.6 Å². The summed E-state index contributed by atoms with van der Waals surface area (Å²) in [5, 5.41) is 10.3. The van der Waals surface area contributed by atoms with Crippen molar-refractivity contribution in [2.75, 3.05) is 13.7 Å². The molecule has 2 unspecified atom stereocenters. The molecule has 0 bridgehead atoms. The number of aliphatic carboxylic acids is 1. The summed E-state index contributed by atoms with van der Waals surface area (Å²) in [5.74, 6) is 4.72. The maximum Gasteiger partial charge on any atom is 0.304 e. The van der Waals surface area contributed by atoms with E-state index >= 15 is 0 Å². The summed E-state index contributed by atoms with van der Waals surface area (Å²) >= 11 is 0. The SMILES string of the molecule is CC#CC(CC(=O)O)C1=CCC(OCc2ccc3c(c2)cc(C)n3CCOC)C=C1. The largest absolute Gasteiger partial charge is 0.481 e. The van der Waals surface area contributed by atoms with Crippen molar-refractivity contribution < 1.29 is 19.4 Å². The van der Waals surface area contributed by atoms with Gasteiger partial charge in [-0.1, -0.05) is 30.2 Å². The molecule has 0 saturated heterocycles. The molecule has 5 nitrogen and oxygen atoms in total. The molecule has 30 heavy (non-hydrogen) atoms. The van der Waals surface area contributed by atoms with E-state index in [1.807, 2.05) is 18.2 Å². The summed E-state index contributed by atoms with van der Waals surface area (Å²) in [4.78, 5) is 11.1. The van der Waals surface area contributed by atoms with Crippen LogP contribution in [0.3, 0.4) is 0 Å². The van der Waals surface area contributed by atoms with E-state index in [9.17, 15) is 4.79 Å². The Bertz CT molecular complexity index is 1020. The Morgan fingerprint density at radius 3 is 2.87 bits per heavy atom. The van der Waals surface area contributed by atoms with Gasteiger partial charge in [-0.2, -0.15) is 0 Å². The van der Waals surface area contributed by atoms with Crippen LogP contribution in [0.1, 0.15) is 31.0 Å². The molecular weight excluding hydrogens is 378 g/mol. The van der Waals surface area contributed by atoms with Crippen molar-refractivity contribution in [1.29, 1.82) is 0 Å². The highest BCUT2D eigenvalue weighted by molar-refractivity contribution is 5.82. The minimum atomic E-state index is -0.836. The first-order valence-electron chi connectivity index (χ1n) is 10.2. The van der Waals surface area contributed by atoms with Crippen LogP contribution in [0.4, 0.5) is 0 Å². The molecule has 0 radical (unpaired) electrons. The number of methoxy groups -OCH3 is 1. The van der Waals surface area contributed by atoms with Crippen molar-refractivity contribution in [3.8, 4) is 11.8 Å². The zero-order chi connectivity index (χ0) is 21.5. The molecule has 0 spiro atoms. The smallest absolute Gasteiger partial charge is 0.304 e. The van der Waals surface area contributed by atoms with Gasteiger partial charge in [0.25, 0.3) is 0 Å². The van der Waals surface area contributed by atoms with Crippen LogP contribution in [-0.4, -0.2) is 35.5 Å². The zero-order valence-electron chi connectivity index (χ0n) is 17.9. The molecule has 1 heterocycles. The number of aromatic nitrogens is 1. The number of ether oxygens (including phenoxy) is 2. The lowest BCUT2D eigenvalue weighted by Gasteiger charge is -2.19. The highest BCUT2D eigenvalue weighted by atomic mass is 16.5. The number of benzene rings is 1. The van der Waals surface area contributed by atoms with Gasteiger partial charge < -0.3 is 19.1 Å². The van der Waals surface area contributed by atoms with E-state index < -0.39 is 5.97 Å². The van der Waals surface area contributed by atoms with Gasteiger partial charge in [0, 0.05) is 30.3 Å². The number of hydrogen-bond acceptors (Lipinski definition) is 3. The number of carbonyl (C=O) groups is 1. The average Bonchev–Trinajstić information content (AvgIpc) is 3.04. The van der Waals surface area contributed by atoms with Gasteiger partial charge in [0.15, 0.2) is 0 Å². The lowest BCUT2D eigenvalue weighted by atomic mass is 9.91. The second-order valence-electron chi connectivity index (χ2n) is 7.52. The number of aryl methyl sites for hydroxylation is 1. The Kier molecular flexibility index (Phi) is 7.51. The highest BCUT2D eigenvalue weighted by Gasteiger charge is 2.18. The molecule has 0 amide bonds. The molecule has 1 aromatic carbocycles. The molecule has 1 aliphatic rings. The number of carboxylic acids is 1. The van der Waals surface area contributed by atoms with Gasteiger partial charge in [-0.25, -0.2) is 0 Å². The van der Waals surface area contributed by atoms with Gasteiger partial charge in [0.05, 0.1) is 31.7 Å². The molecule has 158 valence electrons. The minimum absolute atomic E-state index is 0.0162. The van der Waals surface area contributed by atoms with Crippen LogP contribution in [0.15, 0.2) is 48.1 Å². The van der Waals surface area contributed by atoms with E-state index in [4.69, 9.17) is 14.6 Å². The number of rotatable bonds is 9. The molecule has 0 aliphatic heterocycles. The molecular formula is C25H29NO4. The number of carboxylic acid groups (broad SMARTS) is 1. The fraction of sp³-hybridized carbons (Fsp3) is 0.400. The van der Waals surface area contributed by atoms with Gasteiger partial charge in [-0.15, -0.1) is 5.92 Å². The van der Waals surface area contributed by atoms with E-state index in [0.29, 0.717) is 13.2 Å². The first-order valence-corrected chi connectivity index (χ1v) is 10.2. The van der Waals surface area contributed by atoms with Crippen molar-refractivity contribution in [2.24, 2.45) is 5.92 Å².